The molecule has 0 bridgehead atoms. The average Bonchev–Trinajstić information content (AvgIpc) is 3.10. The summed E-state index contributed by atoms with van der Waals surface area (Å²) in [5.41, 5.74) is 4.96. The van der Waals surface area contributed by atoms with Gasteiger partial charge in [0.15, 0.2) is 12.4 Å². The molecule has 1 saturated heterocycles. The van der Waals surface area contributed by atoms with Crippen LogP contribution >= 0.6 is 27.5 Å². The van der Waals surface area contributed by atoms with Gasteiger partial charge in [-0.15, -0.1) is 0 Å². The number of esters is 1. The number of ether oxygens (including phenoxy) is 6. The first-order valence-corrected chi connectivity index (χ1v) is 17.5. The van der Waals surface area contributed by atoms with Crippen LogP contribution < -0.4 is 9.47 Å². The van der Waals surface area contributed by atoms with Crippen molar-refractivity contribution in [2.24, 2.45) is 0 Å². The van der Waals surface area contributed by atoms with Gasteiger partial charge in [-0.2, -0.15) is 0 Å². The summed E-state index contributed by atoms with van der Waals surface area (Å²) in [6.45, 7) is 5.69. The number of rotatable bonds is 16. The minimum absolute atomic E-state index is 0.0877. The fraction of sp³-hybridized carbons (Fsp3) is 0.359. The van der Waals surface area contributed by atoms with Gasteiger partial charge in [-0.3, -0.25) is 0 Å². The fourth-order valence-corrected chi connectivity index (χ4v) is 6.75. The van der Waals surface area contributed by atoms with E-state index in [0.717, 1.165) is 33.6 Å². The van der Waals surface area contributed by atoms with Gasteiger partial charge >= 0.3 is 5.97 Å². The summed E-state index contributed by atoms with van der Waals surface area (Å²) >= 11 is 10.8. The van der Waals surface area contributed by atoms with Gasteiger partial charge in [0.2, 0.25) is 0 Å². The minimum atomic E-state index is -0.474. The Bertz CT molecular complexity index is 1580. The average molecular weight is 738 g/mol. The highest BCUT2D eigenvalue weighted by molar-refractivity contribution is 9.10. The van der Waals surface area contributed by atoms with Crippen molar-refractivity contribution in [1.29, 1.82) is 0 Å². The molecule has 254 valence electrons. The van der Waals surface area contributed by atoms with E-state index in [9.17, 15) is 4.79 Å². The van der Waals surface area contributed by atoms with Crippen LogP contribution in [0.25, 0.3) is 0 Å². The largest absolute Gasteiger partial charge is 0.494 e. The third-order valence-electron chi connectivity index (χ3n) is 7.98. The van der Waals surface area contributed by atoms with E-state index in [0.29, 0.717) is 60.9 Å². The molecule has 0 aromatic heterocycles. The summed E-state index contributed by atoms with van der Waals surface area (Å²) in [6, 6.07) is 30.2. The molecule has 5 rings (SSSR count). The van der Waals surface area contributed by atoms with Crippen molar-refractivity contribution in [3.05, 3.63) is 128 Å². The lowest BCUT2D eigenvalue weighted by Gasteiger charge is -2.36. The third-order valence-corrected chi connectivity index (χ3v) is 9.21. The maximum Gasteiger partial charge on any atom is 0.344 e. The van der Waals surface area contributed by atoms with Crippen LogP contribution in [0, 0.1) is 0 Å². The monoisotopic (exact) mass is 736 g/mol. The number of benzene rings is 4. The smallest absolute Gasteiger partial charge is 0.344 e. The summed E-state index contributed by atoms with van der Waals surface area (Å²) in [6.07, 6.45) is 1.17. The number of hydrogen-bond donors (Lipinski definition) is 0. The van der Waals surface area contributed by atoms with Crippen molar-refractivity contribution in [2.75, 3.05) is 26.4 Å². The van der Waals surface area contributed by atoms with Gasteiger partial charge in [-0.05, 0) is 82.2 Å². The predicted octanol–water partition coefficient (Wildman–Crippen LogP) is 9.06. The van der Waals surface area contributed by atoms with E-state index in [1.807, 2.05) is 79.7 Å². The Labute approximate surface area is 296 Å². The molecule has 0 aliphatic carbocycles. The Morgan fingerprint density at radius 2 is 1.54 bits per heavy atom. The van der Waals surface area contributed by atoms with Gasteiger partial charge in [0.05, 0.1) is 60.8 Å². The lowest BCUT2D eigenvalue weighted by atomic mass is 9.93. The fourth-order valence-electron chi connectivity index (χ4n) is 5.69. The number of halogens is 2. The van der Waals surface area contributed by atoms with E-state index in [4.69, 9.17) is 40.0 Å². The molecule has 7 nitrogen and oxygen atoms in total. The molecular formula is C39H42BrClO7. The molecule has 1 aliphatic heterocycles. The normalized spacial score (nSPS) is 17.5. The van der Waals surface area contributed by atoms with E-state index >= 15 is 0 Å². The van der Waals surface area contributed by atoms with Crippen LogP contribution in [0.15, 0.2) is 95.5 Å². The van der Waals surface area contributed by atoms with E-state index in [2.05, 4.69) is 34.1 Å². The summed E-state index contributed by atoms with van der Waals surface area (Å²) in [4.78, 5) is 12.3. The highest BCUT2D eigenvalue weighted by Crippen LogP contribution is 2.45. The second kappa shape index (κ2) is 18.4. The van der Waals surface area contributed by atoms with Gasteiger partial charge < -0.3 is 28.4 Å². The molecule has 9 heteroatoms. The maximum atomic E-state index is 12.3. The van der Waals surface area contributed by atoms with E-state index in [-0.39, 0.29) is 31.5 Å². The molecule has 48 heavy (non-hydrogen) atoms. The first-order valence-electron chi connectivity index (χ1n) is 16.4. The van der Waals surface area contributed by atoms with Crippen molar-refractivity contribution >= 4 is 33.5 Å². The van der Waals surface area contributed by atoms with E-state index in [1.165, 1.54) is 0 Å². The van der Waals surface area contributed by atoms with Crippen LogP contribution in [0.1, 0.15) is 60.6 Å². The molecule has 1 aliphatic rings. The second-order valence-corrected chi connectivity index (χ2v) is 12.7. The Morgan fingerprint density at radius 3 is 2.21 bits per heavy atom. The van der Waals surface area contributed by atoms with Crippen LogP contribution in [-0.4, -0.2) is 44.6 Å². The second-order valence-electron chi connectivity index (χ2n) is 11.6. The molecule has 0 spiro atoms. The lowest BCUT2D eigenvalue weighted by molar-refractivity contribution is -0.145. The zero-order chi connectivity index (χ0) is 33.7. The predicted molar refractivity (Wildman–Crippen MR) is 190 cm³/mol. The molecule has 0 N–H and O–H groups in total. The summed E-state index contributed by atoms with van der Waals surface area (Å²) in [5.74, 6) is 0.703. The molecule has 1 fully saturated rings. The summed E-state index contributed by atoms with van der Waals surface area (Å²) < 4.78 is 36.8. The Hall–Kier alpha value is -3.40. The lowest BCUT2D eigenvalue weighted by Crippen LogP contribution is -2.36. The topological polar surface area (TPSA) is 72.5 Å². The molecule has 3 unspecified atom stereocenters. The van der Waals surface area contributed by atoms with Crippen LogP contribution in [0.5, 0.6) is 11.5 Å². The van der Waals surface area contributed by atoms with E-state index in [1.54, 1.807) is 6.92 Å². The molecule has 4 aromatic rings. The SMILES string of the molecule is CCOC(=O)COc1c(Cl)c(Cc2ccc(OCC)cc2)cc(C2CC(OCc3ccccc3)CC(COCc3ccccc3)O2)c1Br. The molecule has 0 saturated carbocycles. The van der Waals surface area contributed by atoms with Crippen molar-refractivity contribution in [3.8, 4) is 11.5 Å². The molecule has 3 atom stereocenters. The number of hydrogen-bond acceptors (Lipinski definition) is 7. The molecular weight excluding hydrogens is 696 g/mol. The van der Waals surface area contributed by atoms with Crippen molar-refractivity contribution < 1.29 is 33.2 Å². The highest BCUT2D eigenvalue weighted by Gasteiger charge is 2.34. The summed E-state index contributed by atoms with van der Waals surface area (Å²) in [5, 5.41) is 0.416. The van der Waals surface area contributed by atoms with Crippen LogP contribution in [0.2, 0.25) is 5.02 Å². The Kier molecular flexibility index (Phi) is 13.7. The van der Waals surface area contributed by atoms with Crippen LogP contribution in [0.3, 0.4) is 0 Å². The zero-order valence-corrected chi connectivity index (χ0v) is 29.7. The van der Waals surface area contributed by atoms with Crippen molar-refractivity contribution in [3.63, 3.8) is 0 Å². The van der Waals surface area contributed by atoms with Gasteiger partial charge in [0.1, 0.15) is 5.75 Å². The van der Waals surface area contributed by atoms with Crippen molar-refractivity contribution in [2.45, 2.75) is 64.6 Å². The Morgan fingerprint density at radius 1 is 0.854 bits per heavy atom. The minimum Gasteiger partial charge on any atom is -0.494 e. The van der Waals surface area contributed by atoms with Crippen LogP contribution in [-0.2, 0) is 43.4 Å². The van der Waals surface area contributed by atoms with Gasteiger partial charge in [0, 0.05) is 12.8 Å². The molecule has 4 aromatic carbocycles. The van der Waals surface area contributed by atoms with Gasteiger partial charge in [-0.1, -0.05) is 84.4 Å². The number of carbonyl (C=O) groups is 1. The van der Waals surface area contributed by atoms with Crippen LogP contribution in [0.4, 0.5) is 0 Å². The zero-order valence-electron chi connectivity index (χ0n) is 27.4. The maximum absolute atomic E-state index is 12.3. The van der Waals surface area contributed by atoms with Gasteiger partial charge in [0.25, 0.3) is 0 Å². The molecule has 1 heterocycles. The first-order chi connectivity index (χ1) is 23.4. The van der Waals surface area contributed by atoms with Crippen molar-refractivity contribution in [1.82, 2.24) is 0 Å². The highest BCUT2D eigenvalue weighted by atomic mass is 79.9. The molecule has 0 amide bonds. The summed E-state index contributed by atoms with van der Waals surface area (Å²) in [7, 11) is 0. The standard InChI is InChI=1S/C39H42BrClO7/c1-3-44-31-17-15-27(16-18-31)19-30-20-34(37(40)39(38(30)41)47-26-36(42)45-4-2)35-22-32(46-24-29-13-9-6-10-14-29)21-33(48-35)25-43-23-28-11-7-5-8-12-28/h5-18,20,32-33,35H,3-4,19,21-26H2,1-2H3. The third kappa shape index (κ3) is 10.3. The molecule has 0 radical (unpaired) electrons. The van der Waals surface area contributed by atoms with E-state index < -0.39 is 5.97 Å². The van der Waals surface area contributed by atoms with Gasteiger partial charge in [-0.25, -0.2) is 4.79 Å². The number of carbonyl (C=O) groups excluding carboxylic acids is 1. The Balaban J connectivity index is 1.42. The quantitative estimate of drug-likeness (QED) is 0.106. The first kappa shape index (κ1) is 35.9.